The van der Waals surface area contributed by atoms with Crippen molar-refractivity contribution in [1.29, 1.82) is 0 Å². The van der Waals surface area contributed by atoms with E-state index in [4.69, 9.17) is 10.5 Å². The second-order valence-electron chi connectivity index (χ2n) is 4.99. The maximum atomic E-state index is 12.5. The minimum atomic E-state index is -0.171. The van der Waals surface area contributed by atoms with Gasteiger partial charge in [0.1, 0.15) is 0 Å². The van der Waals surface area contributed by atoms with Crippen LogP contribution < -0.4 is 10.5 Å². The van der Waals surface area contributed by atoms with E-state index in [1.807, 2.05) is 6.92 Å². The zero-order valence-corrected chi connectivity index (χ0v) is 11.3. The lowest BCUT2D eigenvalue weighted by Crippen LogP contribution is -2.48. The van der Waals surface area contributed by atoms with Gasteiger partial charge in [0.25, 0.3) is 5.91 Å². The zero-order chi connectivity index (χ0) is 14.0. The standard InChI is InChI=1S/C14H20N2O3/c1-9-8-10(15)6-7-16(9)14(18)11-4-3-5-12(19-2)13(11)17/h3-5,9-10,17H,6-8,15H2,1-2H3. The summed E-state index contributed by atoms with van der Waals surface area (Å²) in [5.74, 6) is 0.0417. The highest BCUT2D eigenvalue weighted by Crippen LogP contribution is 2.31. The van der Waals surface area contributed by atoms with Crippen molar-refractivity contribution in [3.05, 3.63) is 23.8 Å². The predicted molar refractivity (Wildman–Crippen MR) is 72.4 cm³/mol. The number of nitrogens with zero attached hydrogens (tertiary/aromatic N) is 1. The topological polar surface area (TPSA) is 75.8 Å². The Bertz CT molecular complexity index is 476. The molecule has 0 radical (unpaired) electrons. The number of nitrogens with two attached hydrogens (primary N) is 1. The number of carbonyl (C=O) groups is 1. The van der Waals surface area contributed by atoms with E-state index >= 15 is 0 Å². The van der Waals surface area contributed by atoms with Crippen molar-refractivity contribution in [3.8, 4) is 11.5 Å². The molecule has 0 aliphatic carbocycles. The molecule has 1 amide bonds. The first-order valence-electron chi connectivity index (χ1n) is 6.47. The van der Waals surface area contributed by atoms with Gasteiger partial charge in [-0.2, -0.15) is 0 Å². The van der Waals surface area contributed by atoms with Gasteiger partial charge in [-0.25, -0.2) is 0 Å². The smallest absolute Gasteiger partial charge is 0.257 e. The highest BCUT2D eigenvalue weighted by molar-refractivity contribution is 5.97. The fourth-order valence-corrected chi connectivity index (χ4v) is 2.52. The Hall–Kier alpha value is -1.75. The molecule has 1 heterocycles. The van der Waals surface area contributed by atoms with Crippen molar-refractivity contribution in [2.24, 2.45) is 5.73 Å². The maximum Gasteiger partial charge on any atom is 0.257 e. The molecule has 2 atom stereocenters. The van der Waals surface area contributed by atoms with Crippen LogP contribution in [0.2, 0.25) is 0 Å². The van der Waals surface area contributed by atoms with Crippen LogP contribution in [0.1, 0.15) is 30.1 Å². The summed E-state index contributed by atoms with van der Waals surface area (Å²) in [6, 6.07) is 5.18. The summed E-state index contributed by atoms with van der Waals surface area (Å²) in [4.78, 5) is 14.2. The highest BCUT2D eigenvalue weighted by Gasteiger charge is 2.29. The molecular formula is C14H20N2O3. The van der Waals surface area contributed by atoms with Crippen LogP contribution in [-0.2, 0) is 0 Å². The predicted octanol–water partition coefficient (Wildman–Crippen LogP) is 1.35. The first-order chi connectivity index (χ1) is 9.04. The van der Waals surface area contributed by atoms with Crippen LogP contribution in [0.5, 0.6) is 11.5 Å². The molecule has 0 aromatic heterocycles. The van der Waals surface area contributed by atoms with Crippen LogP contribution in [-0.4, -0.2) is 41.7 Å². The molecule has 2 rings (SSSR count). The molecule has 5 nitrogen and oxygen atoms in total. The molecule has 104 valence electrons. The number of aromatic hydroxyl groups is 1. The number of rotatable bonds is 2. The number of likely N-dealkylation sites (tertiary alicyclic amines) is 1. The number of methoxy groups -OCH3 is 1. The number of phenolic OH excluding ortho intramolecular Hbond substituents is 1. The monoisotopic (exact) mass is 264 g/mol. The lowest BCUT2D eigenvalue weighted by Gasteiger charge is -2.36. The van der Waals surface area contributed by atoms with Crippen molar-refractivity contribution in [2.45, 2.75) is 31.8 Å². The molecule has 0 spiro atoms. The fourth-order valence-electron chi connectivity index (χ4n) is 2.52. The van der Waals surface area contributed by atoms with Crippen LogP contribution in [0.25, 0.3) is 0 Å². The van der Waals surface area contributed by atoms with Gasteiger partial charge >= 0.3 is 0 Å². The number of hydrogen-bond donors (Lipinski definition) is 2. The number of piperidine rings is 1. The summed E-state index contributed by atoms with van der Waals surface area (Å²) >= 11 is 0. The van der Waals surface area contributed by atoms with E-state index in [0.717, 1.165) is 12.8 Å². The summed E-state index contributed by atoms with van der Waals surface area (Å²) in [5.41, 5.74) is 6.17. The van der Waals surface area contributed by atoms with E-state index < -0.39 is 0 Å². The minimum absolute atomic E-state index is 0.0850. The van der Waals surface area contributed by atoms with Gasteiger partial charge in [0.2, 0.25) is 0 Å². The van der Waals surface area contributed by atoms with Crippen LogP contribution in [0.4, 0.5) is 0 Å². The Balaban J connectivity index is 2.24. The fraction of sp³-hybridized carbons (Fsp3) is 0.500. The molecule has 5 heteroatoms. The number of phenols is 1. The van der Waals surface area contributed by atoms with Crippen molar-refractivity contribution in [2.75, 3.05) is 13.7 Å². The van der Waals surface area contributed by atoms with E-state index in [1.54, 1.807) is 23.1 Å². The lowest BCUT2D eigenvalue weighted by atomic mass is 9.98. The Kier molecular flexibility index (Phi) is 3.95. The molecule has 1 aromatic carbocycles. The third-order valence-electron chi connectivity index (χ3n) is 3.63. The van der Waals surface area contributed by atoms with Crippen molar-refractivity contribution >= 4 is 5.91 Å². The van der Waals surface area contributed by atoms with Crippen molar-refractivity contribution < 1.29 is 14.6 Å². The van der Waals surface area contributed by atoms with Gasteiger partial charge in [0, 0.05) is 18.6 Å². The molecule has 1 aromatic rings. The lowest BCUT2D eigenvalue weighted by molar-refractivity contribution is 0.0615. The van der Waals surface area contributed by atoms with Crippen LogP contribution in [0.3, 0.4) is 0 Å². The molecule has 1 fully saturated rings. The molecule has 19 heavy (non-hydrogen) atoms. The summed E-state index contributed by atoms with van der Waals surface area (Å²) in [6.45, 7) is 2.60. The number of ether oxygens (including phenoxy) is 1. The van der Waals surface area contributed by atoms with Crippen LogP contribution in [0.15, 0.2) is 18.2 Å². The zero-order valence-electron chi connectivity index (χ0n) is 11.3. The summed E-state index contributed by atoms with van der Waals surface area (Å²) in [5, 5.41) is 10.0. The van der Waals surface area contributed by atoms with Gasteiger partial charge in [0.15, 0.2) is 11.5 Å². The molecule has 0 bridgehead atoms. The second-order valence-corrected chi connectivity index (χ2v) is 4.99. The average molecular weight is 264 g/mol. The quantitative estimate of drug-likeness (QED) is 0.845. The average Bonchev–Trinajstić information content (AvgIpc) is 2.38. The van der Waals surface area contributed by atoms with E-state index in [1.165, 1.54) is 7.11 Å². The van der Waals surface area contributed by atoms with Gasteiger partial charge in [-0.1, -0.05) is 6.07 Å². The third kappa shape index (κ3) is 2.66. The molecule has 1 aliphatic rings. The normalized spacial score (nSPS) is 23.2. The highest BCUT2D eigenvalue weighted by atomic mass is 16.5. The number of hydrogen-bond acceptors (Lipinski definition) is 4. The molecule has 2 unspecified atom stereocenters. The van der Waals surface area contributed by atoms with Gasteiger partial charge in [0.05, 0.1) is 12.7 Å². The SMILES string of the molecule is COc1cccc(C(=O)N2CCC(N)CC2C)c1O. The molecule has 1 saturated heterocycles. The Labute approximate surface area is 113 Å². The number of amides is 1. The second kappa shape index (κ2) is 5.48. The van der Waals surface area contributed by atoms with Gasteiger partial charge in [-0.3, -0.25) is 4.79 Å². The third-order valence-corrected chi connectivity index (χ3v) is 3.63. The van der Waals surface area contributed by atoms with E-state index in [-0.39, 0.29) is 29.3 Å². The summed E-state index contributed by atoms with van der Waals surface area (Å²) < 4.78 is 5.03. The molecule has 3 N–H and O–H groups in total. The van der Waals surface area contributed by atoms with Crippen molar-refractivity contribution in [3.63, 3.8) is 0 Å². The van der Waals surface area contributed by atoms with E-state index in [0.29, 0.717) is 12.3 Å². The van der Waals surface area contributed by atoms with Gasteiger partial charge in [-0.15, -0.1) is 0 Å². The maximum absolute atomic E-state index is 12.5. The summed E-state index contributed by atoms with van der Waals surface area (Å²) in [7, 11) is 1.46. The Morgan fingerprint density at radius 1 is 1.53 bits per heavy atom. The first-order valence-corrected chi connectivity index (χ1v) is 6.47. The van der Waals surface area contributed by atoms with Crippen LogP contribution in [0, 0.1) is 0 Å². The first kappa shape index (κ1) is 13.7. The number of carbonyl (C=O) groups excluding carboxylic acids is 1. The largest absolute Gasteiger partial charge is 0.504 e. The van der Waals surface area contributed by atoms with E-state index in [9.17, 15) is 9.90 Å². The van der Waals surface area contributed by atoms with Crippen molar-refractivity contribution in [1.82, 2.24) is 4.90 Å². The van der Waals surface area contributed by atoms with Crippen LogP contribution >= 0.6 is 0 Å². The molecule has 0 saturated carbocycles. The van der Waals surface area contributed by atoms with Gasteiger partial charge < -0.3 is 20.5 Å². The molecular weight excluding hydrogens is 244 g/mol. The van der Waals surface area contributed by atoms with E-state index in [2.05, 4.69) is 0 Å². The number of para-hydroxylation sites is 1. The minimum Gasteiger partial charge on any atom is -0.504 e. The Morgan fingerprint density at radius 3 is 2.89 bits per heavy atom. The number of benzene rings is 1. The van der Waals surface area contributed by atoms with Gasteiger partial charge in [-0.05, 0) is 31.9 Å². The summed E-state index contributed by atoms with van der Waals surface area (Å²) in [6.07, 6.45) is 1.58. The Morgan fingerprint density at radius 2 is 2.26 bits per heavy atom. The molecule has 1 aliphatic heterocycles.